The molecule has 5 nitrogen and oxygen atoms in total. The standard InChI is InChI=1S/C13H24N2O3/c1-11-2-6-15(7-3-11)12(17)14-13(10-16)4-8-18-9-5-13/h11,16H,2-10H2,1H3,(H,14,17). The maximum Gasteiger partial charge on any atom is 0.317 e. The number of amides is 2. The topological polar surface area (TPSA) is 61.8 Å². The molecular formula is C13H24N2O3. The second kappa shape index (κ2) is 5.89. The molecule has 0 unspecified atom stereocenters. The van der Waals surface area contributed by atoms with Crippen LogP contribution in [0.25, 0.3) is 0 Å². The number of hydrogen-bond acceptors (Lipinski definition) is 3. The maximum absolute atomic E-state index is 12.2. The fourth-order valence-corrected chi connectivity index (χ4v) is 2.60. The third-order valence-corrected chi connectivity index (χ3v) is 4.20. The van der Waals surface area contributed by atoms with Crippen LogP contribution in [0.1, 0.15) is 32.6 Å². The van der Waals surface area contributed by atoms with E-state index >= 15 is 0 Å². The highest BCUT2D eigenvalue weighted by molar-refractivity contribution is 5.75. The molecule has 5 heteroatoms. The van der Waals surface area contributed by atoms with E-state index in [1.165, 1.54) is 0 Å². The third-order valence-electron chi connectivity index (χ3n) is 4.20. The van der Waals surface area contributed by atoms with E-state index in [9.17, 15) is 9.90 Å². The number of aliphatic hydroxyl groups is 1. The van der Waals surface area contributed by atoms with Gasteiger partial charge in [0.1, 0.15) is 0 Å². The van der Waals surface area contributed by atoms with E-state index in [0.29, 0.717) is 32.0 Å². The SMILES string of the molecule is CC1CCN(C(=O)NC2(CO)CCOCC2)CC1. The lowest BCUT2D eigenvalue weighted by atomic mass is 9.91. The van der Waals surface area contributed by atoms with Crippen LogP contribution >= 0.6 is 0 Å². The molecule has 18 heavy (non-hydrogen) atoms. The lowest BCUT2D eigenvalue weighted by molar-refractivity contribution is 0.0142. The van der Waals surface area contributed by atoms with Crippen LogP contribution in [0.3, 0.4) is 0 Å². The Hall–Kier alpha value is -0.810. The number of hydrogen-bond donors (Lipinski definition) is 2. The Bertz CT molecular complexity index is 282. The summed E-state index contributed by atoms with van der Waals surface area (Å²) in [6, 6.07) is -0.0298. The van der Waals surface area contributed by atoms with Crippen LogP contribution in [0, 0.1) is 5.92 Å². The number of likely N-dealkylation sites (tertiary alicyclic amines) is 1. The minimum Gasteiger partial charge on any atom is -0.394 e. The Labute approximate surface area is 108 Å². The molecule has 2 aliphatic heterocycles. The number of nitrogens with zero attached hydrogens (tertiary/aromatic N) is 1. The van der Waals surface area contributed by atoms with Crippen molar-refractivity contribution >= 4 is 6.03 Å². The third kappa shape index (κ3) is 3.14. The number of piperidine rings is 1. The molecule has 2 saturated heterocycles. The summed E-state index contributed by atoms with van der Waals surface area (Å²) in [7, 11) is 0. The Balaban J connectivity index is 1.89. The van der Waals surface area contributed by atoms with Crippen LogP contribution in [-0.4, -0.2) is 54.5 Å². The largest absolute Gasteiger partial charge is 0.394 e. The quantitative estimate of drug-likeness (QED) is 0.774. The zero-order valence-electron chi connectivity index (χ0n) is 11.2. The smallest absolute Gasteiger partial charge is 0.317 e. The van der Waals surface area contributed by atoms with Gasteiger partial charge in [-0.15, -0.1) is 0 Å². The van der Waals surface area contributed by atoms with Gasteiger partial charge in [0.2, 0.25) is 0 Å². The molecule has 0 atom stereocenters. The zero-order valence-corrected chi connectivity index (χ0v) is 11.2. The first-order valence-corrected chi connectivity index (χ1v) is 6.91. The summed E-state index contributed by atoms with van der Waals surface area (Å²) >= 11 is 0. The first-order valence-electron chi connectivity index (χ1n) is 6.91. The van der Waals surface area contributed by atoms with Gasteiger partial charge in [0.05, 0.1) is 12.1 Å². The van der Waals surface area contributed by atoms with Gasteiger partial charge in [-0.1, -0.05) is 6.92 Å². The van der Waals surface area contributed by atoms with Crippen LogP contribution in [-0.2, 0) is 4.74 Å². The number of aliphatic hydroxyl groups excluding tert-OH is 1. The van der Waals surface area contributed by atoms with Gasteiger partial charge in [0.15, 0.2) is 0 Å². The van der Waals surface area contributed by atoms with Crippen molar-refractivity contribution in [1.82, 2.24) is 10.2 Å². The van der Waals surface area contributed by atoms with Crippen LogP contribution in [0.5, 0.6) is 0 Å². The van der Waals surface area contributed by atoms with Gasteiger partial charge in [-0.2, -0.15) is 0 Å². The lowest BCUT2D eigenvalue weighted by Gasteiger charge is -2.39. The Kier molecular flexibility index (Phi) is 4.45. The molecule has 0 bridgehead atoms. The summed E-state index contributed by atoms with van der Waals surface area (Å²) in [6.07, 6.45) is 3.53. The minimum atomic E-state index is -0.474. The van der Waals surface area contributed by atoms with Crippen molar-refractivity contribution in [3.8, 4) is 0 Å². The molecular weight excluding hydrogens is 232 g/mol. The number of rotatable bonds is 2. The summed E-state index contributed by atoms with van der Waals surface area (Å²) in [5, 5.41) is 12.6. The molecule has 0 spiro atoms. The minimum absolute atomic E-state index is 0.00760. The Morgan fingerprint density at radius 3 is 2.56 bits per heavy atom. The summed E-state index contributed by atoms with van der Waals surface area (Å²) in [6.45, 7) is 5.08. The Morgan fingerprint density at radius 1 is 1.39 bits per heavy atom. The van der Waals surface area contributed by atoms with E-state index in [-0.39, 0.29) is 12.6 Å². The van der Waals surface area contributed by atoms with Crippen molar-refractivity contribution < 1.29 is 14.6 Å². The molecule has 0 aromatic rings. The second-order valence-corrected chi connectivity index (χ2v) is 5.65. The van der Waals surface area contributed by atoms with Crippen LogP contribution < -0.4 is 5.32 Å². The van der Waals surface area contributed by atoms with Gasteiger partial charge < -0.3 is 20.1 Å². The average Bonchev–Trinajstić information content (AvgIpc) is 2.40. The van der Waals surface area contributed by atoms with Crippen molar-refractivity contribution in [3.05, 3.63) is 0 Å². The summed E-state index contributed by atoms with van der Waals surface area (Å²) in [5.41, 5.74) is -0.474. The normalized spacial score (nSPS) is 24.9. The summed E-state index contributed by atoms with van der Waals surface area (Å²) in [4.78, 5) is 14.1. The molecule has 0 aliphatic carbocycles. The van der Waals surface area contributed by atoms with Gasteiger partial charge in [-0.05, 0) is 31.6 Å². The number of ether oxygens (including phenoxy) is 1. The molecule has 0 radical (unpaired) electrons. The molecule has 2 N–H and O–H groups in total. The highest BCUT2D eigenvalue weighted by atomic mass is 16.5. The average molecular weight is 256 g/mol. The lowest BCUT2D eigenvalue weighted by Crippen LogP contribution is -2.58. The highest BCUT2D eigenvalue weighted by Crippen LogP contribution is 2.22. The van der Waals surface area contributed by atoms with Crippen molar-refractivity contribution in [3.63, 3.8) is 0 Å². The Morgan fingerprint density at radius 2 is 2.00 bits per heavy atom. The molecule has 0 aromatic carbocycles. The number of urea groups is 1. The summed E-state index contributed by atoms with van der Waals surface area (Å²) in [5.74, 6) is 0.712. The van der Waals surface area contributed by atoms with Gasteiger partial charge >= 0.3 is 6.03 Å². The number of nitrogens with one attached hydrogen (secondary N) is 1. The van der Waals surface area contributed by atoms with Gasteiger partial charge in [0.25, 0.3) is 0 Å². The van der Waals surface area contributed by atoms with E-state index in [2.05, 4.69) is 12.2 Å². The molecule has 2 heterocycles. The van der Waals surface area contributed by atoms with E-state index < -0.39 is 5.54 Å². The number of carbonyl (C=O) groups excluding carboxylic acids is 1. The molecule has 2 rings (SSSR count). The fraction of sp³-hybridized carbons (Fsp3) is 0.923. The first kappa shape index (κ1) is 13.6. The van der Waals surface area contributed by atoms with E-state index in [0.717, 1.165) is 25.9 Å². The second-order valence-electron chi connectivity index (χ2n) is 5.65. The van der Waals surface area contributed by atoms with Crippen LogP contribution in [0.4, 0.5) is 4.79 Å². The molecule has 2 amide bonds. The van der Waals surface area contributed by atoms with E-state index in [4.69, 9.17) is 4.74 Å². The van der Waals surface area contributed by atoms with E-state index in [1.807, 2.05) is 4.90 Å². The van der Waals surface area contributed by atoms with Crippen molar-refractivity contribution in [2.24, 2.45) is 5.92 Å². The monoisotopic (exact) mass is 256 g/mol. The molecule has 0 aromatic heterocycles. The highest BCUT2D eigenvalue weighted by Gasteiger charge is 2.35. The number of carbonyl (C=O) groups is 1. The van der Waals surface area contributed by atoms with Gasteiger partial charge in [-0.3, -0.25) is 0 Å². The van der Waals surface area contributed by atoms with Gasteiger partial charge in [0, 0.05) is 26.3 Å². The van der Waals surface area contributed by atoms with Crippen LogP contribution in [0.2, 0.25) is 0 Å². The summed E-state index contributed by atoms with van der Waals surface area (Å²) < 4.78 is 5.29. The first-order chi connectivity index (χ1) is 8.65. The molecule has 2 fully saturated rings. The predicted molar refractivity (Wildman–Crippen MR) is 68.4 cm³/mol. The maximum atomic E-state index is 12.2. The molecule has 0 saturated carbocycles. The van der Waals surface area contributed by atoms with Crippen molar-refractivity contribution in [2.45, 2.75) is 38.1 Å². The molecule has 2 aliphatic rings. The van der Waals surface area contributed by atoms with Crippen LogP contribution in [0.15, 0.2) is 0 Å². The molecule has 104 valence electrons. The zero-order chi connectivity index (χ0) is 13.0. The van der Waals surface area contributed by atoms with Gasteiger partial charge in [-0.25, -0.2) is 4.79 Å². The van der Waals surface area contributed by atoms with E-state index in [1.54, 1.807) is 0 Å². The predicted octanol–water partition coefficient (Wildman–Crippen LogP) is 0.969. The van der Waals surface area contributed by atoms with Crippen molar-refractivity contribution in [2.75, 3.05) is 32.9 Å². The van der Waals surface area contributed by atoms with Crippen molar-refractivity contribution in [1.29, 1.82) is 0 Å². The fourth-order valence-electron chi connectivity index (χ4n) is 2.60.